The second kappa shape index (κ2) is 8.65. The standard InChI is InChI=1S/C23H31N3O6S/c1-33(30,31)26-19-13-25-18(8-7-16(22(25)28)15-5-3-2-4-6-15)21(26)20(17(19)14-27)23(29)24-9-11-32-12-10-24/h5,7-8,17,19-21,27H,2-4,6,9-14H2,1H3/t17-,19-,20+,21+/m1/s1. The molecule has 0 saturated carbocycles. The molecule has 1 aliphatic carbocycles. The molecule has 33 heavy (non-hydrogen) atoms. The first-order valence-electron chi connectivity index (χ1n) is 11.7. The maximum atomic E-state index is 13.6. The summed E-state index contributed by atoms with van der Waals surface area (Å²) in [4.78, 5) is 28.9. The van der Waals surface area contributed by atoms with Crippen LogP contribution in [0.2, 0.25) is 0 Å². The van der Waals surface area contributed by atoms with Crippen molar-refractivity contribution in [3.63, 3.8) is 0 Å². The number of carbonyl (C=O) groups excluding carboxylic acids is 1. The second-order valence-electron chi connectivity index (χ2n) is 9.48. The number of aliphatic hydroxyl groups is 1. The number of nitrogens with zero attached hydrogens (tertiary/aromatic N) is 3. The van der Waals surface area contributed by atoms with Crippen molar-refractivity contribution in [2.75, 3.05) is 39.2 Å². The predicted molar refractivity (Wildman–Crippen MR) is 122 cm³/mol. The normalized spacial score (nSPS) is 30.1. The minimum atomic E-state index is -3.69. The van der Waals surface area contributed by atoms with Gasteiger partial charge in [-0.3, -0.25) is 9.59 Å². The van der Waals surface area contributed by atoms with Gasteiger partial charge in [-0.1, -0.05) is 6.08 Å². The quantitative estimate of drug-likeness (QED) is 0.680. The maximum absolute atomic E-state index is 13.6. The minimum absolute atomic E-state index is 0.136. The van der Waals surface area contributed by atoms with E-state index >= 15 is 0 Å². The van der Waals surface area contributed by atoms with Crippen molar-refractivity contribution in [1.29, 1.82) is 0 Å². The first-order valence-corrected chi connectivity index (χ1v) is 13.6. The van der Waals surface area contributed by atoms with Crippen molar-refractivity contribution in [2.24, 2.45) is 11.8 Å². The van der Waals surface area contributed by atoms with Crippen LogP contribution in [-0.4, -0.2) is 78.4 Å². The molecular formula is C23H31N3O6S. The lowest BCUT2D eigenvalue weighted by Gasteiger charge is -2.37. The van der Waals surface area contributed by atoms with Crippen LogP contribution in [0.25, 0.3) is 5.57 Å². The van der Waals surface area contributed by atoms with Gasteiger partial charge < -0.3 is 19.3 Å². The zero-order chi connectivity index (χ0) is 23.3. The average Bonchev–Trinajstić information content (AvgIpc) is 3.08. The minimum Gasteiger partial charge on any atom is -0.396 e. The number of carbonyl (C=O) groups is 1. The third-order valence-electron chi connectivity index (χ3n) is 7.62. The SMILES string of the molecule is CS(=O)(=O)N1[C@@H]2Cn3c(ccc(C4=CCCCC4)c3=O)[C@H]1[C@@H](C(=O)N1CCOCC1)[C@@H]2CO. The van der Waals surface area contributed by atoms with Crippen LogP contribution in [0.4, 0.5) is 0 Å². The van der Waals surface area contributed by atoms with Crippen molar-refractivity contribution in [1.82, 2.24) is 13.8 Å². The first-order chi connectivity index (χ1) is 15.8. The number of amides is 1. The Bertz CT molecular complexity index is 1140. The Balaban J connectivity index is 1.63. The molecule has 4 atom stereocenters. The van der Waals surface area contributed by atoms with Crippen LogP contribution in [0.15, 0.2) is 23.0 Å². The lowest BCUT2D eigenvalue weighted by Crippen LogP contribution is -2.49. The van der Waals surface area contributed by atoms with E-state index in [0.29, 0.717) is 37.6 Å². The highest BCUT2D eigenvalue weighted by atomic mass is 32.2. The molecule has 2 fully saturated rings. The lowest BCUT2D eigenvalue weighted by molar-refractivity contribution is -0.142. The summed E-state index contributed by atoms with van der Waals surface area (Å²) in [5.41, 5.74) is 2.09. The van der Waals surface area contributed by atoms with Gasteiger partial charge in [0.05, 0.1) is 31.4 Å². The number of rotatable bonds is 4. The molecule has 1 N–H and O–H groups in total. The van der Waals surface area contributed by atoms with Gasteiger partial charge in [-0.05, 0) is 43.4 Å². The number of aromatic nitrogens is 1. The molecule has 0 radical (unpaired) electrons. The van der Waals surface area contributed by atoms with E-state index in [4.69, 9.17) is 4.74 Å². The van der Waals surface area contributed by atoms with E-state index in [1.807, 2.05) is 6.07 Å². The van der Waals surface area contributed by atoms with Gasteiger partial charge in [-0.2, -0.15) is 4.31 Å². The van der Waals surface area contributed by atoms with Crippen molar-refractivity contribution < 1.29 is 23.1 Å². The van der Waals surface area contributed by atoms with Crippen LogP contribution in [0.3, 0.4) is 0 Å². The van der Waals surface area contributed by atoms with Crippen LogP contribution in [0, 0.1) is 11.8 Å². The number of fused-ring (bicyclic) bond motifs is 4. The van der Waals surface area contributed by atoms with E-state index in [0.717, 1.165) is 37.5 Å². The Hall–Kier alpha value is -2.01. The zero-order valence-corrected chi connectivity index (χ0v) is 19.7. The fraction of sp³-hybridized carbons (Fsp3) is 0.652. The summed E-state index contributed by atoms with van der Waals surface area (Å²) in [7, 11) is -3.69. The van der Waals surface area contributed by atoms with Crippen LogP contribution < -0.4 is 5.56 Å². The highest BCUT2D eigenvalue weighted by Gasteiger charge is 2.59. The molecule has 5 rings (SSSR count). The highest BCUT2D eigenvalue weighted by molar-refractivity contribution is 7.88. The Kier molecular flexibility index (Phi) is 5.97. The number of allylic oxidation sites excluding steroid dienone is 2. The van der Waals surface area contributed by atoms with Crippen LogP contribution in [-0.2, 0) is 26.1 Å². The Morgan fingerprint density at radius 2 is 1.97 bits per heavy atom. The van der Waals surface area contributed by atoms with Gasteiger partial charge in [0.25, 0.3) is 5.56 Å². The molecular weight excluding hydrogens is 446 g/mol. The van der Waals surface area contributed by atoms with Crippen molar-refractivity contribution in [2.45, 2.75) is 44.3 Å². The van der Waals surface area contributed by atoms with Gasteiger partial charge in [0.1, 0.15) is 0 Å². The molecule has 180 valence electrons. The summed E-state index contributed by atoms with van der Waals surface area (Å²) in [6.07, 6.45) is 7.23. The largest absolute Gasteiger partial charge is 0.396 e. The van der Waals surface area contributed by atoms with Crippen molar-refractivity contribution in [3.05, 3.63) is 39.8 Å². The molecule has 4 aliphatic rings. The van der Waals surface area contributed by atoms with E-state index in [2.05, 4.69) is 6.08 Å². The maximum Gasteiger partial charge on any atom is 0.258 e. The molecule has 3 aliphatic heterocycles. The number of ether oxygens (including phenoxy) is 1. The fourth-order valence-corrected chi connectivity index (χ4v) is 7.48. The Morgan fingerprint density at radius 3 is 2.61 bits per heavy atom. The summed E-state index contributed by atoms with van der Waals surface area (Å²) in [6.45, 7) is 1.54. The van der Waals surface area contributed by atoms with Gasteiger partial charge in [0, 0.05) is 49.5 Å². The van der Waals surface area contributed by atoms with Gasteiger partial charge >= 0.3 is 0 Å². The third kappa shape index (κ3) is 3.77. The zero-order valence-electron chi connectivity index (χ0n) is 18.9. The van der Waals surface area contributed by atoms with Crippen LogP contribution >= 0.6 is 0 Å². The first kappa shape index (κ1) is 22.8. The number of aliphatic hydroxyl groups excluding tert-OH is 1. The number of morpholine rings is 1. The molecule has 1 amide bonds. The monoisotopic (exact) mass is 477 g/mol. The molecule has 2 saturated heterocycles. The Morgan fingerprint density at radius 1 is 1.21 bits per heavy atom. The van der Waals surface area contributed by atoms with Crippen molar-refractivity contribution in [3.8, 4) is 0 Å². The molecule has 1 aromatic heterocycles. The molecule has 10 heteroatoms. The fourth-order valence-electron chi connectivity index (χ4n) is 6.11. The number of hydrogen-bond donors (Lipinski definition) is 1. The van der Waals surface area contributed by atoms with Gasteiger partial charge in [0.15, 0.2) is 0 Å². The van der Waals surface area contributed by atoms with E-state index in [1.54, 1.807) is 15.5 Å². The van der Waals surface area contributed by atoms with E-state index in [1.165, 1.54) is 4.31 Å². The third-order valence-corrected chi connectivity index (χ3v) is 8.88. The predicted octanol–water partition coefficient (Wildman–Crippen LogP) is 0.588. The van der Waals surface area contributed by atoms with E-state index < -0.39 is 33.9 Å². The smallest absolute Gasteiger partial charge is 0.258 e. The molecule has 0 spiro atoms. The molecule has 1 aromatic rings. The number of hydrogen-bond acceptors (Lipinski definition) is 6. The molecule has 9 nitrogen and oxygen atoms in total. The van der Waals surface area contributed by atoms with E-state index in [9.17, 15) is 23.1 Å². The topological polar surface area (TPSA) is 109 Å². The molecule has 0 aromatic carbocycles. The lowest BCUT2D eigenvalue weighted by atomic mass is 9.86. The Labute approximate surface area is 193 Å². The molecule has 2 bridgehead atoms. The number of pyridine rings is 1. The summed E-state index contributed by atoms with van der Waals surface area (Å²) >= 11 is 0. The number of sulfonamides is 1. The van der Waals surface area contributed by atoms with Gasteiger partial charge in [-0.15, -0.1) is 0 Å². The summed E-state index contributed by atoms with van der Waals surface area (Å²) in [5.74, 6) is -1.52. The van der Waals surface area contributed by atoms with Crippen LogP contribution in [0.5, 0.6) is 0 Å². The average molecular weight is 478 g/mol. The summed E-state index contributed by atoms with van der Waals surface area (Å²) in [6, 6.07) is 2.14. The van der Waals surface area contributed by atoms with Crippen LogP contribution in [0.1, 0.15) is 43.0 Å². The van der Waals surface area contributed by atoms with Gasteiger partial charge in [-0.25, -0.2) is 8.42 Å². The summed E-state index contributed by atoms with van der Waals surface area (Å²) < 4.78 is 34.1. The molecule has 4 heterocycles. The van der Waals surface area contributed by atoms with Gasteiger partial charge in [0.2, 0.25) is 15.9 Å². The molecule has 0 unspecified atom stereocenters. The highest BCUT2D eigenvalue weighted by Crippen LogP contribution is 2.50. The second-order valence-corrected chi connectivity index (χ2v) is 11.4. The van der Waals surface area contributed by atoms with E-state index in [-0.39, 0.29) is 24.6 Å². The van der Waals surface area contributed by atoms with Crippen molar-refractivity contribution >= 4 is 21.5 Å². The summed E-state index contributed by atoms with van der Waals surface area (Å²) in [5, 5.41) is 10.3.